The molecule has 0 aromatic heterocycles. The van der Waals surface area contributed by atoms with Crippen LogP contribution in [0.2, 0.25) is 0 Å². The summed E-state index contributed by atoms with van der Waals surface area (Å²) in [5.74, 6) is 0.175. The molecule has 8 heavy (non-hydrogen) atoms. The van der Waals surface area contributed by atoms with Crippen molar-refractivity contribution in [2.24, 2.45) is 0 Å². The Bertz CT molecular complexity index is 98.6. The first kappa shape index (κ1) is 7.50. The number of hydrogen-bond donors (Lipinski definition) is 0. The molecule has 0 radical (unpaired) electrons. The standard InChI is InChI=1S/C5H7ClO2/c1-2-8-5(3-6)4-7/h3-4H,2H2,1H3/b5-3-. The van der Waals surface area contributed by atoms with Gasteiger partial charge in [-0.05, 0) is 6.92 Å². The minimum atomic E-state index is 0.175. The summed E-state index contributed by atoms with van der Waals surface area (Å²) in [5.41, 5.74) is 1.11. The van der Waals surface area contributed by atoms with E-state index in [0.717, 1.165) is 5.54 Å². The van der Waals surface area contributed by atoms with E-state index in [-0.39, 0.29) is 5.76 Å². The lowest BCUT2D eigenvalue weighted by Crippen LogP contribution is -1.90. The highest BCUT2D eigenvalue weighted by Gasteiger charge is 1.88. The molecule has 0 amide bonds. The second kappa shape index (κ2) is 4.65. The highest BCUT2D eigenvalue weighted by atomic mass is 35.5. The molecule has 0 saturated heterocycles. The fourth-order valence-electron chi connectivity index (χ4n) is 0.258. The van der Waals surface area contributed by atoms with Crippen molar-refractivity contribution in [3.63, 3.8) is 0 Å². The van der Waals surface area contributed by atoms with Gasteiger partial charge in [0.05, 0.1) is 6.61 Å². The van der Waals surface area contributed by atoms with E-state index in [2.05, 4.69) is 0 Å². The monoisotopic (exact) mass is 134 g/mol. The van der Waals surface area contributed by atoms with E-state index in [4.69, 9.17) is 16.3 Å². The van der Waals surface area contributed by atoms with Crippen molar-refractivity contribution in [1.82, 2.24) is 0 Å². The molecule has 0 heterocycles. The van der Waals surface area contributed by atoms with Crippen molar-refractivity contribution in [2.75, 3.05) is 6.61 Å². The molecule has 0 rings (SSSR count). The van der Waals surface area contributed by atoms with Gasteiger partial charge in [0.2, 0.25) is 0 Å². The first-order valence-corrected chi connectivity index (χ1v) is 2.67. The Labute approximate surface area is 53.1 Å². The van der Waals surface area contributed by atoms with Gasteiger partial charge in [0.15, 0.2) is 12.0 Å². The van der Waals surface area contributed by atoms with Gasteiger partial charge in [-0.1, -0.05) is 11.6 Å². The van der Waals surface area contributed by atoms with Crippen LogP contribution in [0.4, 0.5) is 0 Å². The summed E-state index contributed by atoms with van der Waals surface area (Å²) in [6.07, 6.45) is 0.566. The van der Waals surface area contributed by atoms with Gasteiger partial charge >= 0.3 is 0 Å². The van der Waals surface area contributed by atoms with Gasteiger partial charge in [0, 0.05) is 5.54 Å². The van der Waals surface area contributed by atoms with Crippen LogP contribution in [-0.2, 0) is 9.53 Å². The molecule has 2 nitrogen and oxygen atoms in total. The molecule has 3 heteroatoms. The SMILES string of the molecule is CCO/C(C=O)=C\Cl. The summed E-state index contributed by atoms with van der Waals surface area (Å²) in [7, 11) is 0. The zero-order valence-corrected chi connectivity index (χ0v) is 5.31. The summed E-state index contributed by atoms with van der Waals surface area (Å²) >= 11 is 5.13. The highest BCUT2D eigenvalue weighted by Crippen LogP contribution is 1.93. The second-order valence-corrected chi connectivity index (χ2v) is 1.28. The number of carbonyl (C=O) groups is 1. The normalized spacial score (nSPS) is 11.0. The van der Waals surface area contributed by atoms with Crippen molar-refractivity contribution in [2.45, 2.75) is 6.92 Å². The van der Waals surface area contributed by atoms with Gasteiger partial charge in [-0.25, -0.2) is 0 Å². The predicted molar refractivity (Wildman–Crippen MR) is 31.6 cm³/mol. The van der Waals surface area contributed by atoms with Crippen LogP contribution in [0.1, 0.15) is 6.92 Å². The molecule has 46 valence electrons. The Kier molecular flexibility index (Phi) is 4.36. The molecular weight excluding hydrogens is 128 g/mol. The van der Waals surface area contributed by atoms with E-state index < -0.39 is 0 Å². The van der Waals surface area contributed by atoms with Gasteiger partial charge in [-0.3, -0.25) is 4.79 Å². The van der Waals surface area contributed by atoms with Crippen LogP contribution in [0.15, 0.2) is 11.3 Å². The lowest BCUT2D eigenvalue weighted by molar-refractivity contribution is -0.107. The van der Waals surface area contributed by atoms with Gasteiger partial charge in [0.25, 0.3) is 0 Å². The first-order chi connectivity index (χ1) is 3.85. The maximum absolute atomic E-state index is 9.85. The molecule has 0 aromatic rings. The van der Waals surface area contributed by atoms with E-state index in [1.54, 1.807) is 6.92 Å². The third-order valence-corrected chi connectivity index (χ3v) is 0.750. The quantitative estimate of drug-likeness (QED) is 0.331. The highest BCUT2D eigenvalue weighted by molar-refractivity contribution is 6.26. The molecule has 0 aromatic carbocycles. The Morgan fingerprint density at radius 2 is 2.50 bits per heavy atom. The van der Waals surface area contributed by atoms with Crippen LogP contribution >= 0.6 is 11.6 Å². The van der Waals surface area contributed by atoms with Crippen molar-refractivity contribution in [3.8, 4) is 0 Å². The summed E-state index contributed by atoms with van der Waals surface area (Å²) in [6, 6.07) is 0. The lowest BCUT2D eigenvalue weighted by Gasteiger charge is -1.95. The number of halogens is 1. The molecular formula is C5H7ClO2. The molecule has 0 spiro atoms. The van der Waals surface area contributed by atoms with Crippen LogP contribution in [0.5, 0.6) is 0 Å². The summed E-state index contributed by atoms with van der Waals surface area (Å²) in [4.78, 5) is 9.85. The Hall–Kier alpha value is -0.500. The average molecular weight is 135 g/mol. The minimum absolute atomic E-state index is 0.175. The lowest BCUT2D eigenvalue weighted by atomic mass is 10.6. The molecule has 0 atom stereocenters. The third kappa shape index (κ3) is 2.64. The van der Waals surface area contributed by atoms with Gasteiger partial charge in [-0.2, -0.15) is 0 Å². The van der Waals surface area contributed by atoms with Crippen LogP contribution in [0, 0.1) is 0 Å². The number of hydrogen-bond acceptors (Lipinski definition) is 2. The van der Waals surface area contributed by atoms with E-state index >= 15 is 0 Å². The Morgan fingerprint density at radius 1 is 1.88 bits per heavy atom. The minimum Gasteiger partial charge on any atom is -0.490 e. The van der Waals surface area contributed by atoms with E-state index in [9.17, 15) is 4.79 Å². The number of carbonyl (C=O) groups excluding carboxylic acids is 1. The van der Waals surface area contributed by atoms with Gasteiger partial charge < -0.3 is 4.74 Å². The largest absolute Gasteiger partial charge is 0.490 e. The average Bonchev–Trinajstić information content (AvgIpc) is 1.83. The van der Waals surface area contributed by atoms with Crippen LogP contribution in [0.3, 0.4) is 0 Å². The smallest absolute Gasteiger partial charge is 0.185 e. The van der Waals surface area contributed by atoms with Gasteiger partial charge in [-0.15, -0.1) is 0 Å². The van der Waals surface area contributed by atoms with Crippen LogP contribution in [0.25, 0.3) is 0 Å². The van der Waals surface area contributed by atoms with Crippen molar-refractivity contribution >= 4 is 17.9 Å². The number of aldehydes is 1. The molecule has 0 bridgehead atoms. The molecule has 0 aliphatic rings. The number of ether oxygens (including phenoxy) is 1. The zero-order valence-electron chi connectivity index (χ0n) is 4.56. The summed E-state index contributed by atoms with van der Waals surface area (Å²) in [6.45, 7) is 2.25. The van der Waals surface area contributed by atoms with Gasteiger partial charge in [0.1, 0.15) is 0 Å². The molecule has 0 aliphatic heterocycles. The maximum atomic E-state index is 9.85. The topological polar surface area (TPSA) is 26.3 Å². The van der Waals surface area contributed by atoms with Crippen molar-refractivity contribution in [1.29, 1.82) is 0 Å². The molecule has 0 fully saturated rings. The second-order valence-electron chi connectivity index (χ2n) is 1.06. The number of rotatable bonds is 3. The Morgan fingerprint density at radius 3 is 2.62 bits per heavy atom. The fraction of sp³-hybridized carbons (Fsp3) is 0.400. The maximum Gasteiger partial charge on any atom is 0.185 e. The van der Waals surface area contributed by atoms with E-state index in [0.29, 0.717) is 12.9 Å². The molecule has 0 saturated carbocycles. The zero-order chi connectivity index (χ0) is 6.41. The first-order valence-electron chi connectivity index (χ1n) is 2.23. The van der Waals surface area contributed by atoms with E-state index in [1.165, 1.54) is 0 Å². The fourth-order valence-corrected chi connectivity index (χ4v) is 0.372. The van der Waals surface area contributed by atoms with Crippen molar-refractivity contribution < 1.29 is 9.53 Å². The Balaban J connectivity index is 3.54. The molecule has 0 aliphatic carbocycles. The summed E-state index contributed by atoms with van der Waals surface area (Å²) in [5, 5.41) is 0. The van der Waals surface area contributed by atoms with Crippen LogP contribution in [-0.4, -0.2) is 12.9 Å². The predicted octanol–water partition coefficient (Wildman–Crippen LogP) is 1.30. The number of allylic oxidation sites excluding steroid dienone is 1. The molecule has 0 N–H and O–H groups in total. The van der Waals surface area contributed by atoms with Crippen molar-refractivity contribution in [3.05, 3.63) is 11.3 Å². The summed E-state index contributed by atoms with van der Waals surface area (Å²) < 4.78 is 4.70. The molecule has 0 unspecified atom stereocenters. The van der Waals surface area contributed by atoms with E-state index in [1.807, 2.05) is 0 Å². The van der Waals surface area contributed by atoms with Crippen LogP contribution < -0.4 is 0 Å². The third-order valence-electron chi connectivity index (χ3n) is 0.535.